The number of amides is 1. The third kappa shape index (κ3) is 25.5. The minimum absolute atomic E-state index is 0.150. The number of nitrogens with two attached hydrogens (primary N) is 1. The molecule has 0 saturated carbocycles. The molecule has 0 saturated heterocycles. The van der Waals surface area contributed by atoms with Crippen LogP contribution >= 0.6 is 0 Å². The van der Waals surface area contributed by atoms with Gasteiger partial charge in [0.05, 0.1) is 0 Å². The van der Waals surface area contributed by atoms with Crippen LogP contribution in [0.5, 0.6) is 0 Å². The first-order valence-electron chi connectivity index (χ1n) is 12.4. The molecule has 0 aliphatic carbocycles. The maximum atomic E-state index is 10.6. The van der Waals surface area contributed by atoms with Gasteiger partial charge >= 0.3 is 0 Å². The lowest BCUT2D eigenvalue weighted by molar-refractivity contribution is -0.118. The molecule has 2 nitrogen and oxygen atoms in total. The molecular formula is C25H51NO. The lowest BCUT2D eigenvalue weighted by Gasteiger charge is -2.05. The predicted molar refractivity (Wildman–Crippen MR) is 121 cm³/mol. The van der Waals surface area contributed by atoms with Crippen LogP contribution in [-0.4, -0.2) is 5.91 Å². The number of carbonyl (C=O) groups excluding carboxylic acids is 1. The van der Waals surface area contributed by atoms with Gasteiger partial charge in [-0.15, -0.1) is 0 Å². The third-order valence-corrected chi connectivity index (χ3v) is 5.70. The molecule has 0 aromatic rings. The molecule has 27 heavy (non-hydrogen) atoms. The molecule has 0 rings (SSSR count). The second-order valence-electron chi connectivity index (χ2n) is 9.12. The van der Waals surface area contributed by atoms with E-state index in [1.54, 1.807) is 0 Å². The number of hydrogen-bond donors (Lipinski definition) is 1. The molecule has 2 heteroatoms. The summed E-state index contributed by atoms with van der Waals surface area (Å²) in [5, 5.41) is 0. The first-order valence-corrected chi connectivity index (χ1v) is 12.4. The van der Waals surface area contributed by atoms with Gasteiger partial charge in [0.15, 0.2) is 0 Å². The van der Waals surface area contributed by atoms with E-state index in [0.717, 1.165) is 12.3 Å². The fraction of sp³-hybridized carbons (Fsp3) is 0.960. The fourth-order valence-corrected chi connectivity index (χ4v) is 3.86. The van der Waals surface area contributed by atoms with Crippen molar-refractivity contribution in [3.8, 4) is 0 Å². The Kier molecular flexibility index (Phi) is 21.3. The van der Waals surface area contributed by atoms with Crippen LogP contribution in [0.15, 0.2) is 0 Å². The van der Waals surface area contributed by atoms with E-state index >= 15 is 0 Å². The van der Waals surface area contributed by atoms with Crippen LogP contribution in [0.1, 0.15) is 149 Å². The normalized spacial score (nSPS) is 11.4. The van der Waals surface area contributed by atoms with Crippen molar-refractivity contribution >= 4 is 5.91 Å². The van der Waals surface area contributed by atoms with Crippen molar-refractivity contribution in [2.24, 2.45) is 11.7 Å². The van der Waals surface area contributed by atoms with E-state index in [9.17, 15) is 4.79 Å². The maximum Gasteiger partial charge on any atom is 0.217 e. The summed E-state index contributed by atoms with van der Waals surface area (Å²) in [6.07, 6.45) is 28.3. The van der Waals surface area contributed by atoms with Crippen LogP contribution in [0.2, 0.25) is 0 Å². The highest BCUT2D eigenvalue weighted by Gasteiger charge is 1.97. The third-order valence-electron chi connectivity index (χ3n) is 5.70. The van der Waals surface area contributed by atoms with Crippen molar-refractivity contribution < 1.29 is 4.79 Å². The van der Waals surface area contributed by atoms with E-state index < -0.39 is 0 Å². The van der Waals surface area contributed by atoms with Gasteiger partial charge in [0, 0.05) is 6.42 Å². The minimum Gasteiger partial charge on any atom is -0.370 e. The van der Waals surface area contributed by atoms with Crippen molar-refractivity contribution in [3.05, 3.63) is 0 Å². The molecule has 0 unspecified atom stereocenters. The maximum absolute atomic E-state index is 10.6. The molecule has 0 aliphatic rings. The Morgan fingerprint density at radius 2 is 0.778 bits per heavy atom. The molecule has 0 spiro atoms. The van der Waals surface area contributed by atoms with E-state index in [2.05, 4.69) is 13.8 Å². The Morgan fingerprint density at radius 1 is 0.519 bits per heavy atom. The highest BCUT2D eigenvalue weighted by Crippen LogP contribution is 2.15. The van der Waals surface area contributed by atoms with Crippen LogP contribution in [0, 0.1) is 5.92 Å². The molecule has 2 N–H and O–H groups in total. The number of hydrogen-bond acceptors (Lipinski definition) is 1. The smallest absolute Gasteiger partial charge is 0.217 e. The van der Waals surface area contributed by atoms with Gasteiger partial charge in [0.2, 0.25) is 5.91 Å². The number of primary amides is 1. The Hall–Kier alpha value is -0.530. The minimum atomic E-state index is -0.150. The van der Waals surface area contributed by atoms with Crippen molar-refractivity contribution in [2.75, 3.05) is 0 Å². The fourth-order valence-electron chi connectivity index (χ4n) is 3.86. The zero-order valence-corrected chi connectivity index (χ0v) is 18.9. The average molecular weight is 382 g/mol. The van der Waals surface area contributed by atoms with Crippen molar-refractivity contribution in [2.45, 2.75) is 149 Å². The molecule has 1 amide bonds. The van der Waals surface area contributed by atoms with Gasteiger partial charge in [-0.2, -0.15) is 0 Å². The Labute approximate surface area is 171 Å². The second-order valence-corrected chi connectivity index (χ2v) is 9.12. The molecule has 0 radical (unpaired) electrons. The van der Waals surface area contributed by atoms with Gasteiger partial charge in [-0.25, -0.2) is 0 Å². The Bertz CT molecular complexity index is 301. The molecule has 0 bridgehead atoms. The Balaban J connectivity index is 3.00. The Morgan fingerprint density at radius 3 is 1.04 bits per heavy atom. The van der Waals surface area contributed by atoms with Crippen LogP contribution in [0.25, 0.3) is 0 Å². The summed E-state index contributed by atoms with van der Waals surface area (Å²) in [4.78, 5) is 10.6. The SMILES string of the molecule is CC(C)CCCCCCCCCCCCCCCCCCCCCC(N)=O. The summed E-state index contributed by atoms with van der Waals surface area (Å²) in [5.74, 6) is 0.734. The summed E-state index contributed by atoms with van der Waals surface area (Å²) < 4.78 is 0. The van der Waals surface area contributed by atoms with Crippen LogP contribution in [-0.2, 0) is 4.79 Å². The standard InChI is InChI=1S/C25H51NO/c1-24(2)22-20-18-16-14-12-10-8-6-4-3-5-7-9-11-13-15-17-19-21-23-25(26)27/h24H,3-23H2,1-2H3,(H2,26,27). The average Bonchev–Trinajstić information content (AvgIpc) is 2.62. The zero-order chi connectivity index (χ0) is 20.0. The summed E-state index contributed by atoms with van der Waals surface area (Å²) in [5.41, 5.74) is 5.14. The van der Waals surface area contributed by atoms with E-state index in [1.165, 1.54) is 122 Å². The molecule has 162 valence electrons. The van der Waals surface area contributed by atoms with Gasteiger partial charge in [0.25, 0.3) is 0 Å². The largest absolute Gasteiger partial charge is 0.370 e. The van der Waals surface area contributed by atoms with E-state index in [0.29, 0.717) is 6.42 Å². The van der Waals surface area contributed by atoms with Gasteiger partial charge in [0.1, 0.15) is 0 Å². The highest BCUT2D eigenvalue weighted by molar-refractivity contribution is 5.73. The van der Waals surface area contributed by atoms with Gasteiger partial charge < -0.3 is 5.73 Å². The molecule has 0 heterocycles. The van der Waals surface area contributed by atoms with Crippen molar-refractivity contribution in [1.82, 2.24) is 0 Å². The highest BCUT2D eigenvalue weighted by atomic mass is 16.1. The zero-order valence-electron chi connectivity index (χ0n) is 18.9. The van der Waals surface area contributed by atoms with Gasteiger partial charge in [-0.05, 0) is 12.3 Å². The first kappa shape index (κ1) is 26.5. The molecule has 0 fully saturated rings. The van der Waals surface area contributed by atoms with Crippen molar-refractivity contribution in [1.29, 1.82) is 0 Å². The molecule has 0 aromatic carbocycles. The second kappa shape index (κ2) is 21.8. The van der Waals surface area contributed by atoms with E-state index in [1.807, 2.05) is 0 Å². The molecule has 0 aromatic heterocycles. The number of unbranched alkanes of at least 4 members (excludes halogenated alkanes) is 18. The monoisotopic (exact) mass is 381 g/mol. The van der Waals surface area contributed by atoms with Crippen LogP contribution in [0.4, 0.5) is 0 Å². The summed E-state index contributed by atoms with van der Waals surface area (Å²) in [6, 6.07) is 0. The predicted octanol–water partition coefficient (Wildman–Crippen LogP) is 8.32. The van der Waals surface area contributed by atoms with Gasteiger partial charge in [-0.1, -0.05) is 136 Å². The van der Waals surface area contributed by atoms with E-state index in [-0.39, 0.29) is 5.91 Å². The van der Waals surface area contributed by atoms with E-state index in [4.69, 9.17) is 5.73 Å². The molecular weight excluding hydrogens is 330 g/mol. The van der Waals surface area contributed by atoms with Gasteiger partial charge in [-0.3, -0.25) is 4.79 Å². The lowest BCUT2D eigenvalue weighted by Crippen LogP contribution is -2.09. The lowest BCUT2D eigenvalue weighted by atomic mass is 10.0. The number of rotatable bonds is 22. The molecule has 0 aliphatic heterocycles. The summed E-state index contributed by atoms with van der Waals surface area (Å²) >= 11 is 0. The molecule has 0 atom stereocenters. The van der Waals surface area contributed by atoms with Crippen LogP contribution < -0.4 is 5.73 Å². The summed E-state index contributed by atoms with van der Waals surface area (Å²) in [7, 11) is 0. The summed E-state index contributed by atoms with van der Waals surface area (Å²) in [6.45, 7) is 4.66. The number of carbonyl (C=O) groups is 1. The quantitative estimate of drug-likeness (QED) is 0.188. The van der Waals surface area contributed by atoms with Crippen molar-refractivity contribution in [3.63, 3.8) is 0 Å². The van der Waals surface area contributed by atoms with Crippen LogP contribution in [0.3, 0.4) is 0 Å². The topological polar surface area (TPSA) is 43.1 Å². The first-order chi connectivity index (χ1) is 13.1.